The molecule has 0 bridgehead atoms. The van der Waals surface area contributed by atoms with Gasteiger partial charge in [0.1, 0.15) is 5.58 Å². The van der Waals surface area contributed by atoms with Gasteiger partial charge in [0.25, 0.3) is 0 Å². The van der Waals surface area contributed by atoms with E-state index in [4.69, 9.17) is 4.42 Å². The van der Waals surface area contributed by atoms with Crippen LogP contribution in [-0.2, 0) is 0 Å². The van der Waals surface area contributed by atoms with E-state index in [0.717, 1.165) is 11.0 Å². The monoisotopic (exact) mass is 171 g/mol. The second-order valence-corrected chi connectivity index (χ2v) is 2.62. The summed E-state index contributed by atoms with van der Waals surface area (Å²) in [5.41, 5.74) is 1.42. The van der Waals surface area contributed by atoms with E-state index in [1.165, 1.54) is 6.20 Å². The van der Waals surface area contributed by atoms with Crippen molar-refractivity contribution < 1.29 is 4.42 Å². The van der Waals surface area contributed by atoms with Crippen molar-refractivity contribution in [2.24, 2.45) is 4.99 Å². The Bertz CT molecular complexity index is 496. The molecule has 0 amide bonds. The second kappa shape index (κ2) is 3.27. The fraction of sp³-hybridized carbons (Fsp3) is 0. The average molecular weight is 171 g/mol. The molecule has 0 aliphatic carbocycles. The van der Waals surface area contributed by atoms with Gasteiger partial charge in [-0.3, -0.25) is 0 Å². The molecule has 0 saturated heterocycles. The van der Waals surface area contributed by atoms with E-state index in [0.29, 0.717) is 5.55 Å². The van der Waals surface area contributed by atoms with E-state index in [9.17, 15) is 0 Å². The fourth-order valence-corrected chi connectivity index (χ4v) is 1.18. The van der Waals surface area contributed by atoms with E-state index in [-0.39, 0.29) is 0 Å². The molecule has 1 aromatic carbocycles. The Labute approximate surface area is 75.9 Å². The van der Waals surface area contributed by atoms with Gasteiger partial charge in [-0.15, -0.1) is 0 Å². The largest absolute Gasteiger partial charge is 0.438 e. The van der Waals surface area contributed by atoms with Crippen LogP contribution in [0.2, 0.25) is 0 Å². The zero-order chi connectivity index (χ0) is 9.10. The Hall–Kier alpha value is -1.83. The van der Waals surface area contributed by atoms with E-state index in [2.05, 4.69) is 11.6 Å². The van der Waals surface area contributed by atoms with Crippen LogP contribution in [-0.4, -0.2) is 0 Å². The molecule has 0 unspecified atom stereocenters. The predicted octanol–water partition coefficient (Wildman–Crippen LogP) is 2.48. The summed E-state index contributed by atoms with van der Waals surface area (Å²) in [6.45, 7) is 3.51. The van der Waals surface area contributed by atoms with Crippen LogP contribution in [0.25, 0.3) is 11.0 Å². The number of rotatable bonds is 1. The highest BCUT2D eigenvalue weighted by Gasteiger charge is 1.91. The Morgan fingerprint density at radius 2 is 2.00 bits per heavy atom. The third-order valence-corrected chi connectivity index (χ3v) is 1.76. The summed E-state index contributed by atoms with van der Waals surface area (Å²) in [5.74, 6) is 0. The SMILES string of the molecule is C=CN=c1ccc2ccccc2o1. The van der Waals surface area contributed by atoms with Gasteiger partial charge in [0.05, 0.1) is 0 Å². The van der Waals surface area contributed by atoms with Crippen molar-refractivity contribution in [3.05, 3.63) is 54.7 Å². The number of fused-ring (bicyclic) bond motifs is 1. The summed E-state index contributed by atoms with van der Waals surface area (Å²) in [5, 5.41) is 1.07. The zero-order valence-corrected chi connectivity index (χ0v) is 7.10. The van der Waals surface area contributed by atoms with Crippen molar-refractivity contribution in [1.29, 1.82) is 0 Å². The van der Waals surface area contributed by atoms with Crippen LogP contribution in [0.15, 0.2) is 58.6 Å². The smallest absolute Gasteiger partial charge is 0.219 e. The third-order valence-electron chi connectivity index (χ3n) is 1.76. The van der Waals surface area contributed by atoms with Crippen LogP contribution in [0.3, 0.4) is 0 Å². The molecule has 13 heavy (non-hydrogen) atoms. The Morgan fingerprint density at radius 1 is 1.15 bits per heavy atom. The highest BCUT2D eigenvalue weighted by Crippen LogP contribution is 2.09. The first-order valence-electron chi connectivity index (χ1n) is 4.04. The van der Waals surface area contributed by atoms with Crippen LogP contribution >= 0.6 is 0 Å². The van der Waals surface area contributed by atoms with Gasteiger partial charge in [-0.1, -0.05) is 24.8 Å². The lowest BCUT2D eigenvalue weighted by molar-refractivity contribution is 0.544. The summed E-state index contributed by atoms with van der Waals surface area (Å²) in [6, 6.07) is 11.6. The quantitative estimate of drug-likeness (QED) is 0.647. The lowest BCUT2D eigenvalue weighted by Crippen LogP contribution is -1.96. The number of nitrogens with zero attached hydrogens (tertiary/aromatic N) is 1. The van der Waals surface area contributed by atoms with Gasteiger partial charge >= 0.3 is 0 Å². The molecule has 2 rings (SSSR count). The highest BCUT2D eigenvalue weighted by atomic mass is 16.3. The molecular weight excluding hydrogens is 162 g/mol. The zero-order valence-electron chi connectivity index (χ0n) is 7.10. The molecule has 0 radical (unpaired) electrons. The van der Waals surface area contributed by atoms with Gasteiger partial charge in [-0.25, -0.2) is 4.99 Å². The molecule has 2 aromatic rings. The molecule has 2 nitrogen and oxygen atoms in total. The Kier molecular flexibility index (Phi) is 1.96. The first kappa shape index (κ1) is 7.80. The fourth-order valence-electron chi connectivity index (χ4n) is 1.18. The maximum absolute atomic E-state index is 5.46. The molecule has 0 aliphatic rings. The van der Waals surface area contributed by atoms with Gasteiger partial charge in [0, 0.05) is 17.7 Å². The van der Waals surface area contributed by atoms with E-state index in [1.54, 1.807) is 0 Å². The van der Waals surface area contributed by atoms with Crippen LogP contribution in [0, 0.1) is 0 Å². The van der Waals surface area contributed by atoms with Gasteiger partial charge in [0.2, 0.25) is 5.55 Å². The molecule has 0 spiro atoms. The topological polar surface area (TPSA) is 25.5 Å². The van der Waals surface area contributed by atoms with Crippen LogP contribution in [0.4, 0.5) is 0 Å². The lowest BCUT2D eigenvalue weighted by atomic mass is 10.2. The average Bonchev–Trinajstić information content (AvgIpc) is 2.18. The second-order valence-electron chi connectivity index (χ2n) is 2.62. The molecular formula is C11H9NO. The van der Waals surface area contributed by atoms with Crippen molar-refractivity contribution in [2.75, 3.05) is 0 Å². The molecule has 0 saturated carbocycles. The lowest BCUT2D eigenvalue weighted by Gasteiger charge is -1.93. The van der Waals surface area contributed by atoms with Crippen LogP contribution in [0.5, 0.6) is 0 Å². The minimum Gasteiger partial charge on any atom is -0.438 e. The first-order valence-corrected chi connectivity index (χ1v) is 4.04. The normalized spacial score (nSPS) is 11.8. The third kappa shape index (κ3) is 1.51. The molecule has 0 fully saturated rings. The molecule has 1 aromatic heterocycles. The predicted molar refractivity (Wildman–Crippen MR) is 52.0 cm³/mol. The Morgan fingerprint density at radius 3 is 2.85 bits per heavy atom. The molecule has 1 heterocycles. The van der Waals surface area contributed by atoms with Crippen LogP contribution in [0.1, 0.15) is 0 Å². The molecule has 0 aliphatic heterocycles. The van der Waals surface area contributed by atoms with Crippen LogP contribution < -0.4 is 5.55 Å². The van der Waals surface area contributed by atoms with Gasteiger partial charge in [0.15, 0.2) is 0 Å². The highest BCUT2D eigenvalue weighted by molar-refractivity contribution is 5.75. The number of benzene rings is 1. The maximum atomic E-state index is 5.46. The van der Waals surface area contributed by atoms with Crippen molar-refractivity contribution >= 4 is 11.0 Å². The summed E-state index contributed by atoms with van der Waals surface area (Å²) in [7, 11) is 0. The minimum atomic E-state index is 0.578. The molecule has 2 heteroatoms. The number of hydrogen-bond acceptors (Lipinski definition) is 2. The van der Waals surface area contributed by atoms with Gasteiger partial charge < -0.3 is 4.42 Å². The first-order chi connectivity index (χ1) is 6.40. The minimum absolute atomic E-state index is 0.578. The van der Waals surface area contributed by atoms with Gasteiger partial charge in [-0.05, 0) is 12.1 Å². The summed E-state index contributed by atoms with van der Waals surface area (Å²) in [6.07, 6.45) is 1.47. The maximum Gasteiger partial charge on any atom is 0.219 e. The van der Waals surface area contributed by atoms with E-state index < -0.39 is 0 Å². The number of para-hydroxylation sites is 1. The summed E-state index contributed by atoms with van der Waals surface area (Å²) in [4.78, 5) is 3.95. The molecule has 0 N–H and O–H groups in total. The number of hydrogen-bond donors (Lipinski definition) is 0. The Balaban J connectivity index is 2.76. The molecule has 64 valence electrons. The van der Waals surface area contributed by atoms with Crippen molar-refractivity contribution in [1.82, 2.24) is 0 Å². The summed E-state index contributed by atoms with van der Waals surface area (Å²) >= 11 is 0. The standard InChI is InChI=1S/C11H9NO/c1-2-12-11-8-7-9-5-3-4-6-10(9)13-11/h2-8H,1H2. The summed E-state index contributed by atoms with van der Waals surface area (Å²) < 4.78 is 5.46. The van der Waals surface area contributed by atoms with E-state index in [1.807, 2.05) is 36.4 Å². The van der Waals surface area contributed by atoms with Gasteiger partial charge in [-0.2, -0.15) is 0 Å². The molecule has 0 atom stereocenters. The van der Waals surface area contributed by atoms with Crippen molar-refractivity contribution in [3.8, 4) is 0 Å². The van der Waals surface area contributed by atoms with Crippen molar-refractivity contribution in [3.63, 3.8) is 0 Å². The van der Waals surface area contributed by atoms with E-state index >= 15 is 0 Å². The van der Waals surface area contributed by atoms with Crippen molar-refractivity contribution in [2.45, 2.75) is 0 Å².